The molecule has 3 nitrogen and oxygen atoms in total. The zero-order valence-corrected chi connectivity index (χ0v) is 10.3. The Morgan fingerprint density at radius 1 is 1.44 bits per heavy atom. The van der Waals surface area contributed by atoms with Crippen molar-refractivity contribution in [3.63, 3.8) is 0 Å². The molecule has 3 N–H and O–H groups in total. The van der Waals surface area contributed by atoms with Gasteiger partial charge in [0.1, 0.15) is 5.75 Å². The van der Waals surface area contributed by atoms with E-state index in [0.29, 0.717) is 5.69 Å². The lowest BCUT2D eigenvalue weighted by Crippen LogP contribution is -2.38. The second-order valence-corrected chi connectivity index (χ2v) is 4.81. The van der Waals surface area contributed by atoms with Crippen LogP contribution < -0.4 is 10.6 Å². The van der Waals surface area contributed by atoms with Gasteiger partial charge in [-0.3, -0.25) is 0 Å². The van der Waals surface area contributed by atoms with Crippen molar-refractivity contribution >= 4 is 5.69 Å². The maximum Gasteiger partial charge on any atom is 0.270 e. The quantitative estimate of drug-likeness (QED) is 0.728. The molecular weight excluding hydrogens is 238 g/mol. The largest absolute Gasteiger partial charge is 0.506 e. The number of alkyl halides is 2. The van der Waals surface area contributed by atoms with Crippen molar-refractivity contribution in [2.45, 2.75) is 31.7 Å². The molecule has 1 fully saturated rings. The molecule has 5 heteroatoms. The molecule has 2 rings (SSSR count). The van der Waals surface area contributed by atoms with Gasteiger partial charge >= 0.3 is 0 Å². The van der Waals surface area contributed by atoms with E-state index in [1.165, 1.54) is 12.1 Å². The average Bonchev–Trinajstić information content (AvgIpc) is 2.32. The van der Waals surface area contributed by atoms with Gasteiger partial charge in [0, 0.05) is 25.1 Å². The third-order valence-electron chi connectivity index (χ3n) is 3.16. The van der Waals surface area contributed by atoms with Crippen molar-refractivity contribution in [3.8, 4) is 5.75 Å². The number of benzene rings is 1. The van der Waals surface area contributed by atoms with Crippen molar-refractivity contribution in [1.29, 1.82) is 0 Å². The van der Waals surface area contributed by atoms with E-state index < -0.39 is 5.92 Å². The number of nitrogens with one attached hydrogen (secondary N) is 2. The summed E-state index contributed by atoms with van der Waals surface area (Å²) in [5, 5.41) is 16.2. The fourth-order valence-corrected chi connectivity index (χ4v) is 2.12. The smallest absolute Gasteiger partial charge is 0.270 e. The number of hydrogen-bond acceptors (Lipinski definition) is 3. The standard InChI is InChI=1S/C13H18F2N2O/c1-13(14,15)9-4-5-11(12(18)7-9)17-10-3-2-6-16-8-10/h4-5,7,10,16-18H,2-3,6,8H2,1H3. The minimum Gasteiger partial charge on any atom is -0.506 e. The van der Waals surface area contributed by atoms with Crippen LogP contribution in [0.3, 0.4) is 0 Å². The van der Waals surface area contributed by atoms with Crippen molar-refractivity contribution in [2.24, 2.45) is 0 Å². The van der Waals surface area contributed by atoms with Crippen molar-refractivity contribution in [3.05, 3.63) is 23.8 Å². The first-order valence-electron chi connectivity index (χ1n) is 6.15. The molecule has 1 unspecified atom stereocenters. The lowest BCUT2D eigenvalue weighted by molar-refractivity contribution is 0.0173. The lowest BCUT2D eigenvalue weighted by Gasteiger charge is -2.25. The van der Waals surface area contributed by atoms with Gasteiger partial charge < -0.3 is 15.7 Å². The molecule has 0 saturated carbocycles. The number of phenols is 1. The molecule has 0 amide bonds. The molecule has 100 valence electrons. The van der Waals surface area contributed by atoms with Crippen LogP contribution >= 0.6 is 0 Å². The molecule has 1 aromatic rings. The van der Waals surface area contributed by atoms with Gasteiger partial charge in [0.05, 0.1) is 5.69 Å². The Morgan fingerprint density at radius 3 is 2.78 bits per heavy atom. The summed E-state index contributed by atoms with van der Waals surface area (Å²) in [6.07, 6.45) is 2.08. The SMILES string of the molecule is CC(F)(F)c1ccc(NC2CCCNC2)c(O)c1. The summed E-state index contributed by atoms with van der Waals surface area (Å²) in [6.45, 7) is 2.65. The molecule has 0 bridgehead atoms. The summed E-state index contributed by atoms with van der Waals surface area (Å²) < 4.78 is 26.2. The van der Waals surface area contributed by atoms with Gasteiger partial charge in [0.2, 0.25) is 0 Å². The van der Waals surface area contributed by atoms with E-state index in [4.69, 9.17) is 0 Å². The predicted octanol–water partition coefficient (Wildman–Crippen LogP) is 2.67. The molecular formula is C13H18F2N2O. The molecule has 0 spiro atoms. The van der Waals surface area contributed by atoms with E-state index in [1.807, 2.05) is 0 Å². The normalized spacial score (nSPS) is 20.7. The summed E-state index contributed by atoms with van der Waals surface area (Å²) in [6, 6.07) is 4.21. The summed E-state index contributed by atoms with van der Waals surface area (Å²) in [5.74, 6) is -3.05. The van der Waals surface area contributed by atoms with Crippen molar-refractivity contribution in [1.82, 2.24) is 5.32 Å². The van der Waals surface area contributed by atoms with E-state index in [9.17, 15) is 13.9 Å². The minimum absolute atomic E-state index is 0.125. The first-order chi connectivity index (χ1) is 8.47. The number of anilines is 1. The highest BCUT2D eigenvalue weighted by atomic mass is 19.3. The van der Waals surface area contributed by atoms with Crippen LogP contribution in [0.1, 0.15) is 25.3 Å². The highest BCUT2D eigenvalue weighted by molar-refractivity contribution is 5.58. The Bertz CT molecular complexity index is 412. The molecule has 0 radical (unpaired) electrons. The van der Waals surface area contributed by atoms with E-state index in [2.05, 4.69) is 10.6 Å². The summed E-state index contributed by atoms with van der Waals surface area (Å²) in [7, 11) is 0. The van der Waals surface area contributed by atoms with Gasteiger partial charge in [-0.1, -0.05) is 6.07 Å². The van der Waals surface area contributed by atoms with Crippen LogP contribution in [0.25, 0.3) is 0 Å². The fraction of sp³-hybridized carbons (Fsp3) is 0.538. The molecule has 0 aliphatic carbocycles. The first-order valence-corrected chi connectivity index (χ1v) is 6.15. The third-order valence-corrected chi connectivity index (χ3v) is 3.16. The number of phenolic OH excluding ortho intramolecular Hbond substituents is 1. The topological polar surface area (TPSA) is 44.3 Å². The first kappa shape index (κ1) is 13.1. The Labute approximate surface area is 105 Å². The maximum absolute atomic E-state index is 13.1. The van der Waals surface area contributed by atoms with Gasteiger partial charge in [0.15, 0.2) is 0 Å². The molecule has 1 saturated heterocycles. The van der Waals surface area contributed by atoms with Crippen LogP contribution in [-0.4, -0.2) is 24.2 Å². The molecule has 18 heavy (non-hydrogen) atoms. The second kappa shape index (κ2) is 5.10. The Kier molecular flexibility index (Phi) is 3.71. The number of halogens is 2. The van der Waals surface area contributed by atoms with Gasteiger partial charge in [-0.15, -0.1) is 0 Å². The lowest BCUT2D eigenvalue weighted by atomic mass is 10.1. The molecule has 1 aliphatic heterocycles. The Hall–Kier alpha value is -1.36. The van der Waals surface area contributed by atoms with E-state index in [1.54, 1.807) is 0 Å². The predicted molar refractivity (Wildman–Crippen MR) is 67.2 cm³/mol. The zero-order valence-electron chi connectivity index (χ0n) is 10.3. The molecule has 1 aromatic carbocycles. The van der Waals surface area contributed by atoms with Crippen LogP contribution in [-0.2, 0) is 5.92 Å². The summed E-state index contributed by atoms with van der Waals surface area (Å²) >= 11 is 0. The van der Waals surface area contributed by atoms with E-state index in [-0.39, 0.29) is 17.4 Å². The Balaban J connectivity index is 2.09. The Morgan fingerprint density at radius 2 is 2.22 bits per heavy atom. The fourth-order valence-electron chi connectivity index (χ4n) is 2.12. The van der Waals surface area contributed by atoms with Crippen LogP contribution in [0.15, 0.2) is 18.2 Å². The van der Waals surface area contributed by atoms with Crippen LogP contribution in [0, 0.1) is 0 Å². The number of piperidine rings is 1. The minimum atomic E-state index is -2.93. The molecule has 1 atom stereocenters. The summed E-state index contributed by atoms with van der Waals surface area (Å²) in [5.41, 5.74) is 0.337. The maximum atomic E-state index is 13.1. The highest BCUT2D eigenvalue weighted by Crippen LogP contribution is 2.33. The molecule has 1 aliphatic rings. The van der Waals surface area contributed by atoms with Gasteiger partial charge in [-0.05, 0) is 31.5 Å². The van der Waals surface area contributed by atoms with Crippen LogP contribution in [0.5, 0.6) is 5.75 Å². The van der Waals surface area contributed by atoms with Gasteiger partial charge in [0.25, 0.3) is 5.92 Å². The highest BCUT2D eigenvalue weighted by Gasteiger charge is 2.25. The number of aromatic hydroxyl groups is 1. The monoisotopic (exact) mass is 256 g/mol. The second-order valence-electron chi connectivity index (χ2n) is 4.81. The third kappa shape index (κ3) is 3.10. The summed E-state index contributed by atoms with van der Waals surface area (Å²) in [4.78, 5) is 0. The molecule has 1 heterocycles. The van der Waals surface area contributed by atoms with Gasteiger partial charge in [-0.25, -0.2) is 8.78 Å². The van der Waals surface area contributed by atoms with Crippen molar-refractivity contribution in [2.75, 3.05) is 18.4 Å². The zero-order chi connectivity index (χ0) is 13.2. The van der Waals surface area contributed by atoms with E-state index in [0.717, 1.165) is 38.9 Å². The van der Waals surface area contributed by atoms with E-state index >= 15 is 0 Å². The van der Waals surface area contributed by atoms with Gasteiger partial charge in [-0.2, -0.15) is 0 Å². The average molecular weight is 256 g/mol. The van der Waals surface area contributed by atoms with Crippen LogP contribution in [0.4, 0.5) is 14.5 Å². The number of rotatable bonds is 3. The number of hydrogen-bond donors (Lipinski definition) is 3. The molecule has 0 aromatic heterocycles. The van der Waals surface area contributed by atoms with Crippen LogP contribution in [0.2, 0.25) is 0 Å². The van der Waals surface area contributed by atoms with Crippen molar-refractivity contribution < 1.29 is 13.9 Å².